The molecule has 1 aliphatic rings. The minimum Gasteiger partial charge on any atom is -0.368 e. The van der Waals surface area contributed by atoms with Crippen molar-refractivity contribution < 1.29 is 4.79 Å². The van der Waals surface area contributed by atoms with Crippen molar-refractivity contribution in [3.8, 4) is 0 Å². The summed E-state index contributed by atoms with van der Waals surface area (Å²) in [6.45, 7) is 5.99. The molecule has 0 aliphatic carbocycles. The van der Waals surface area contributed by atoms with Gasteiger partial charge in [0.1, 0.15) is 11.6 Å². The van der Waals surface area contributed by atoms with Crippen molar-refractivity contribution in [1.29, 1.82) is 0 Å². The summed E-state index contributed by atoms with van der Waals surface area (Å²) in [6, 6.07) is 9.99. The normalized spacial score (nSPS) is 16.5. The van der Waals surface area contributed by atoms with E-state index >= 15 is 0 Å². The van der Waals surface area contributed by atoms with Crippen LogP contribution in [0.4, 0.5) is 10.6 Å². The quantitative estimate of drug-likeness (QED) is 0.593. The summed E-state index contributed by atoms with van der Waals surface area (Å²) in [4.78, 5) is 27.1. The summed E-state index contributed by atoms with van der Waals surface area (Å²) >= 11 is 0. The van der Waals surface area contributed by atoms with Crippen LogP contribution in [0.5, 0.6) is 0 Å². The number of amides is 2. The minimum atomic E-state index is -0.0424. The molecule has 0 radical (unpaired) electrons. The van der Waals surface area contributed by atoms with Crippen molar-refractivity contribution in [3.05, 3.63) is 53.5 Å². The summed E-state index contributed by atoms with van der Waals surface area (Å²) in [5.74, 6) is 1.73. The molecule has 4 rings (SSSR count). The smallest absolute Gasteiger partial charge is 0.318 e. The van der Waals surface area contributed by atoms with E-state index in [-0.39, 0.29) is 12.1 Å². The van der Waals surface area contributed by atoms with Crippen LogP contribution in [0.25, 0.3) is 11.0 Å². The van der Waals surface area contributed by atoms with Crippen molar-refractivity contribution in [2.75, 3.05) is 25.0 Å². The third-order valence-electron chi connectivity index (χ3n) is 5.27. The number of aromatic amines is 1. The van der Waals surface area contributed by atoms with Crippen LogP contribution in [0.2, 0.25) is 0 Å². The molecule has 3 aromatic rings. The summed E-state index contributed by atoms with van der Waals surface area (Å²) in [6.07, 6.45) is 3.68. The van der Waals surface area contributed by atoms with Crippen LogP contribution >= 0.6 is 0 Å². The highest BCUT2D eigenvalue weighted by atomic mass is 16.2. The van der Waals surface area contributed by atoms with Crippen LogP contribution < -0.4 is 10.6 Å². The van der Waals surface area contributed by atoms with Gasteiger partial charge in [0.15, 0.2) is 0 Å². The Kier molecular flexibility index (Phi) is 5.14. The van der Waals surface area contributed by atoms with Crippen LogP contribution in [-0.2, 0) is 0 Å². The maximum absolute atomic E-state index is 12.7. The Morgan fingerprint density at radius 3 is 2.89 bits per heavy atom. The third-order valence-corrected chi connectivity index (χ3v) is 5.27. The molecule has 0 saturated carbocycles. The molecule has 7 nitrogen and oxygen atoms in total. The number of hydrogen-bond acceptors (Lipinski definition) is 4. The zero-order valence-corrected chi connectivity index (χ0v) is 16.3. The second kappa shape index (κ2) is 7.88. The van der Waals surface area contributed by atoms with Crippen molar-refractivity contribution in [2.45, 2.75) is 32.7 Å². The molecule has 3 N–H and O–H groups in total. The van der Waals surface area contributed by atoms with Gasteiger partial charge in [0.25, 0.3) is 0 Å². The Morgan fingerprint density at radius 1 is 1.21 bits per heavy atom. The predicted octanol–water partition coefficient (Wildman–Crippen LogP) is 3.53. The van der Waals surface area contributed by atoms with E-state index in [1.54, 1.807) is 6.20 Å². The van der Waals surface area contributed by atoms with E-state index < -0.39 is 0 Å². The average Bonchev–Trinajstić information content (AvgIpc) is 3.34. The molecule has 1 fully saturated rings. The molecule has 1 unspecified atom stereocenters. The fourth-order valence-electron chi connectivity index (χ4n) is 3.77. The van der Waals surface area contributed by atoms with Gasteiger partial charge in [-0.3, -0.25) is 0 Å². The fourth-order valence-corrected chi connectivity index (χ4v) is 3.77. The number of aromatic nitrogens is 3. The summed E-state index contributed by atoms with van der Waals surface area (Å²) in [5, 5.41) is 6.28. The Bertz CT molecular complexity index is 982. The Balaban J connectivity index is 1.36. The maximum atomic E-state index is 12.7. The Morgan fingerprint density at radius 2 is 2.07 bits per heavy atom. The number of imidazole rings is 1. The molecule has 1 aliphatic heterocycles. The number of pyridine rings is 1. The molecule has 3 heterocycles. The lowest BCUT2D eigenvalue weighted by atomic mass is 10.2. The van der Waals surface area contributed by atoms with Crippen LogP contribution in [-0.4, -0.2) is 45.5 Å². The van der Waals surface area contributed by atoms with E-state index in [9.17, 15) is 4.79 Å². The standard InChI is InChI=1S/C21H26N6O/c1-14-6-3-8-16-18(14)26-20(25-16)17-9-5-13-27(17)21(28)24-12-11-23-19-15(2)7-4-10-22-19/h3-4,6-8,10,17H,5,9,11-13H2,1-2H3,(H,22,23)(H,24,28)(H,25,26). The first-order valence-electron chi connectivity index (χ1n) is 9.78. The highest BCUT2D eigenvalue weighted by Gasteiger charge is 2.32. The molecule has 0 bridgehead atoms. The summed E-state index contributed by atoms with van der Waals surface area (Å²) in [5.41, 5.74) is 4.25. The number of hydrogen-bond donors (Lipinski definition) is 3. The predicted molar refractivity (Wildman–Crippen MR) is 110 cm³/mol. The summed E-state index contributed by atoms with van der Waals surface area (Å²) in [7, 11) is 0. The number of H-pyrrole nitrogens is 1. The number of aryl methyl sites for hydroxylation is 2. The first-order chi connectivity index (χ1) is 13.6. The van der Waals surface area contributed by atoms with Gasteiger partial charge in [-0.25, -0.2) is 14.8 Å². The number of nitrogens with zero attached hydrogens (tertiary/aromatic N) is 3. The van der Waals surface area contributed by atoms with Crippen molar-refractivity contribution in [2.24, 2.45) is 0 Å². The first kappa shape index (κ1) is 18.3. The molecule has 1 aromatic carbocycles. The third kappa shape index (κ3) is 3.65. The van der Waals surface area contributed by atoms with Gasteiger partial charge in [-0.1, -0.05) is 18.2 Å². The average molecular weight is 378 g/mol. The van der Waals surface area contributed by atoms with Crippen LogP contribution in [0.3, 0.4) is 0 Å². The molecule has 7 heteroatoms. The van der Waals surface area contributed by atoms with Gasteiger partial charge in [-0.05, 0) is 49.9 Å². The monoisotopic (exact) mass is 378 g/mol. The topological polar surface area (TPSA) is 85.9 Å². The molecule has 1 saturated heterocycles. The Labute approximate surface area is 164 Å². The SMILES string of the molecule is Cc1cccnc1NCCNC(=O)N1CCCC1c1nc2c(C)cccc2[nH]1. The van der Waals surface area contributed by atoms with Gasteiger partial charge in [0.05, 0.1) is 17.1 Å². The second-order valence-electron chi connectivity index (χ2n) is 7.27. The molecule has 2 aromatic heterocycles. The van der Waals surface area contributed by atoms with Crippen molar-refractivity contribution in [1.82, 2.24) is 25.2 Å². The van der Waals surface area contributed by atoms with Gasteiger partial charge < -0.3 is 20.5 Å². The van der Waals surface area contributed by atoms with E-state index in [1.165, 1.54) is 0 Å². The number of carbonyl (C=O) groups excluding carboxylic acids is 1. The number of urea groups is 1. The van der Waals surface area contributed by atoms with E-state index in [4.69, 9.17) is 4.98 Å². The number of fused-ring (bicyclic) bond motifs is 1. The highest BCUT2D eigenvalue weighted by molar-refractivity contribution is 5.79. The van der Waals surface area contributed by atoms with Crippen molar-refractivity contribution in [3.63, 3.8) is 0 Å². The number of likely N-dealkylation sites (tertiary alicyclic amines) is 1. The molecular weight excluding hydrogens is 352 g/mol. The number of para-hydroxylation sites is 1. The molecule has 0 spiro atoms. The van der Waals surface area contributed by atoms with Crippen LogP contribution in [0.1, 0.15) is 35.8 Å². The largest absolute Gasteiger partial charge is 0.368 e. The van der Waals surface area contributed by atoms with Crippen molar-refractivity contribution >= 4 is 22.9 Å². The molecule has 1 atom stereocenters. The van der Waals surface area contributed by atoms with E-state index in [0.717, 1.165) is 53.2 Å². The van der Waals surface area contributed by atoms with Crippen LogP contribution in [0.15, 0.2) is 36.5 Å². The van der Waals surface area contributed by atoms with Gasteiger partial charge in [0, 0.05) is 25.8 Å². The second-order valence-corrected chi connectivity index (χ2v) is 7.27. The zero-order valence-electron chi connectivity index (χ0n) is 16.3. The number of nitrogens with one attached hydrogen (secondary N) is 3. The van der Waals surface area contributed by atoms with E-state index in [2.05, 4.69) is 33.6 Å². The number of carbonyl (C=O) groups is 1. The molecular formula is C21H26N6O. The summed E-state index contributed by atoms with van der Waals surface area (Å²) < 4.78 is 0. The molecule has 28 heavy (non-hydrogen) atoms. The van der Waals surface area contributed by atoms with Crippen LogP contribution in [0, 0.1) is 13.8 Å². The van der Waals surface area contributed by atoms with E-state index in [0.29, 0.717) is 13.1 Å². The minimum absolute atomic E-state index is 0.00204. The fraction of sp³-hybridized carbons (Fsp3) is 0.381. The number of benzene rings is 1. The van der Waals surface area contributed by atoms with Gasteiger partial charge in [-0.15, -0.1) is 0 Å². The Hall–Kier alpha value is -3.09. The lowest BCUT2D eigenvalue weighted by molar-refractivity contribution is 0.191. The lowest BCUT2D eigenvalue weighted by Gasteiger charge is -2.23. The van der Waals surface area contributed by atoms with Gasteiger partial charge >= 0.3 is 6.03 Å². The van der Waals surface area contributed by atoms with Gasteiger partial charge in [0.2, 0.25) is 0 Å². The van der Waals surface area contributed by atoms with Gasteiger partial charge in [-0.2, -0.15) is 0 Å². The lowest BCUT2D eigenvalue weighted by Crippen LogP contribution is -2.41. The number of anilines is 1. The van der Waals surface area contributed by atoms with E-state index in [1.807, 2.05) is 36.1 Å². The maximum Gasteiger partial charge on any atom is 0.318 e. The zero-order chi connectivity index (χ0) is 19.5. The molecule has 146 valence electrons. The highest BCUT2D eigenvalue weighted by Crippen LogP contribution is 2.31. The molecule has 2 amide bonds. The first-order valence-corrected chi connectivity index (χ1v) is 9.78. The number of rotatable bonds is 5.